The van der Waals surface area contributed by atoms with Crippen LogP contribution in [0.15, 0.2) is 30.3 Å². The van der Waals surface area contributed by atoms with Gasteiger partial charge in [0.25, 0.3) is 0 Å². The Bertz CT molecular complexity index is 421. The van der Waals surface area contributed by atoms with E-state index in [0.29, 0.717) is 12.5 Å². The van der Waals surface area contributed by atoms with Gasteiger partial charge in [0.15, 0.2) is 0 Å². The third kappa shape index (κ3) is 5.86. The van der Waals surface area contributed by atoms with Crippen molar-refractivity contribution in [2.45, 2.75) is 19.3 Å². The minimum absolute atomic E-state index is 0.160. The van der Waals surface area contributed by atoms with Crippen LogP contribution in [0.3, 0.4) is 0 Å². The number of nitrogens with zero attached hydrogens (tertiary/aromatic N) is 1. The minimum atomic E-state index is 0.160. The van der Waals surface area contributed by atoms with Gasteiger partial charge in [0.2, 0.25) is 5.91 Å². The van der Waals surface area contributed by atoms with Crippen molar-refractivity contribution in [3.8, 4) is 0 Å². The van der Waals surface area contributed by atoms with Crippen molar-refractivity contribution in [1.29, 1.82) is 0 Å². The van der Waals surface area contributed by atoms with Gasteiger partial charge in [-0.25, -0.2) is 0 Å². The maximum atomic E-state index is 11.9. The molecule has 0 radical (unpaired) electrons. The number of hydrogen-bond donors (Lipinski definition) is 2. The van der Waals surface area contributed by atoms with E-state index in [1.165, 1.54) is 12.0 Å². The van der Waals surface area contributed by atoms with E-state index in [1.54, 1.807) is 0 Å². The zero-order chi connectivity index (χ0) is 14.9. The van der Waals surface area contributed by atoms with Crippen LogP contribution in [-0.2, 0) is 11.2 Å². The molecule has 0 spiro atoms. The number of carbonyl (C=O) groups is 1. The van der Waals surface area contributed by atoms with Gasteiger partial charge in [0.05, 0.1) is 6.54 Å². The third-order valence-electron chi connectivity index (χ3n) is 4.04. The second-order valence-corrected chi connectivity index (χ2v) is 5.89. The molecular weight excluding hydrogens is 262 g/mol. The first-order chi connectivity index (χ1) is 10.3. The first kappa shape index (κ1) is 16.0. The minimum Gasteiger partial charge on any atom is -0.355 e. The molecule has 1 unspecified atom stereocenters. The van der Waals surface area contributed by atoms with E-state index in [0.717, 1.165) is 39.0 Å². The van der Waals surface area contributed by atoms with Crippen molar-refractivity contribution in [3.63, 3.8) is 0 Å². The summed E-state index contributed by atoms with van der Waals surface area (Å²) in [7, 11) is 1.99. The topological polar surface area (TPSA) is 44.4 Å². The Morgan fingerprint density at radius 3 is 2.90 bits per heavy atom. The average molecular weight is 289 g/mol. The van der Waals surface area contributed by atoms with Crippen LogP contribution in [-0.4, -0.2) is 50.6 Å². The number of amides is 1. The van der Waals surface area contributed by atoms with Crippen LogP contribution < -0.4 is 10.6 Å². The molecular formula is C17H27N3O. The summed E-state index contributed by atoms with van der Waals surface area (Å²) >= 11 is 0. The van der Waals surface area contributed by atoms with Crippen LogP contribution in [0.25, 0.3) is 0 Å². The predicted octanol–water partition coefficient (Wildman–Crippen LogP) is 1.28. The molecule has 0 saturated carbocycles. The van der Waals surface area contributed by atoms with Crippen LogP contribution >= 0.6 is 0 Å². The van der Waals surface area contributed by atoms with Crippen molar-refractivity contribution < 1.29 is 4.79 Å². The van der Waals surface area contributed by atoms with E-state index in [-0.39, 0.29) is 5.91 Å². The molecule has 1 aromatic carbocycles. The van der Waals surface area contributed by atoms with E-state index in [1.807, 2.05) is 13.1 Å². The number of aryl methyl sites for hydroxylation is 1. The zero-order valence-electron chi connectivity index (χ0n) is 13.0. The summed E-state index contributed by atoms with van der Waals surface area (Å²) in [4.78, 5) is 14.2. The second kappa shape index (κ2) is 8.80. The second-order valence-electron chi connectivity index (χ2n) is 5.89. The Labute approximate surface area is 127 Å². The Kier molecular flexibility index (Phi) is 6.70. The molecule has 0 bridgehead atoms. The molecule has 1 atom stereocenters. The molecule has 1 aliphatic heterocycles. The van der Waals surface area contributed by atoms with Crippen molar-refractivity contribution in [3.05, 3.63) is 35.9 Å². The monoisotopic (exact) mass is 289 g/mol. The quantitative estimate of drug-likeness (QED) is 0.709. The Morgan fingerprint density at radius 1 is 1.33 bits per heavy atom. The smallest absolute Gasteiger partial charge is 0.234 e. The van der Waals surface area contributed by atoms with E-state index in [4.69, 9.17) is 0 Å². The van der Waals surface area contributed by atoms with Crippen molar-refractivity contribution >= 4 is 5.91 Å². The van der Waals surface area contributed by atoms with Gasteiger partial charge in [-0.05, 0) is 50.9 Å². The summed E-state index contributed by atoms with van der Waals surface area (Å²) in [6, 6.07) is 10.4. The summed E-state index contributed by atoms with van der Waals surface area (Å²) in [6.07, 6.45) is 3.22. The first-order valence-electron chi connectivity index (χ1n) is 7.95. The van der Waals surface area contributed by atoms with Crippen LogP contribution in [0.5, 0.6) is 0 Å². The zero-order valence-corrected chi connectivity index (χ0v) is 13.0. The first-order valence-corrected chi connectivity index (χ1v) is 7.95. The lowest BCUT2D eigenvalue weighted by Gasteiger charge is -2.15. The van der Waals surface area contributed by atoms with Crippen LogP contribution in [0.4, 0.5) is 0 Å². The molecule has 2 N–H and O–H groups in total. The van der Waals surface area contributed by atoms with Crippen LogP contribution in [0, 0.1) is 5.92 Å². The summed E-state index contributed by atoms with van der Waals surface area (Å²) < 4.78 is 0. The number of likely N-dealkylation sites (tertiary alicyclic amines) is 1. The summed E-state index contributed by atoms with van der Waals surface area (Å²) in [5, 5.41) is 6.24. The fourth-order valence-corrected chi connectivity index (χ4v) is 2.94. The van der Waals surface area contributed by atoms with Gasteiger partial charge in [-0.2, -0.15) is 0 Å². The highest BCUT2D eigenvalue weighted by molar-refractivity contribution is 5.78. The molecule has 116 valence electrons. The van der Waals surface area contributed by atoms with E-state index in [9.17, 15) is 4.79 Å². The van der Waals surface area contributed by atoms with Gasteiger partial charge in [-0.1, -0.05) is 30.3 Å². The molecule has 0 aromatic heterocycles. The number of hydrogen-bond acceptors (Lipinski definition) is 3. The Balaban J connectivity index is 1.56. The molecule has 1 amide bonds. The van der Waals surface area contributed by atoms with Gasteiger partial charge in [0, 0.05) is 13.1 Å². The highest BCUT2D eigenvalue weighted by Crippen LogP contribution is 2.14. The molecule has 1 fully saturated rings. The summed E-state index contributed by atoms with van der Waals surface area (Å²) in [6.45, 7) is 4.45. The maximum Gasteiger partial charge on any atom is 0.234 e. The number of nitrogens with one attached hydrogen (secondary N) is 2. The predicted molar refractivity (Wildman–Crippen MR) is 86.2 cm³/mol. The number of benzene rings is 1. The van der Waals surface area contributed by atoms with Crippen LogP contribution in [0.1, 0.15) is 18.4 Å². The van der Waals surface area contributed by atoms with Crippen molar-refractivity contribution in [1.82, 2.24) is 15.5 Å². The molecule has 1 heterocycles. The highest BCUT2D eigenvalue weighted by atomic mass is 16.2. The molecule has 1 aromatic rings. The lowest BCUT2D eigenvalue weighted by molar-refractivity contribution is -0.122. The normalized spacial score (nSPS) is 18.8. The highest BCUT2D eigenvalue weighted by Gasteiger charge is 2.23. The summed E-state index contributed by atoms with van der Waals surface area (Å²) in [5.74, 6) is 0.856. The molecule has 1 saturated heterocycles. The van der Waals surface area contributed by atoms with Crippen molar-refractivity contribution in [2.75, 3.05) is 39.8 Å². The largest absolute Gasteiger partial charge is 0.355 e. The molecule has 1 aliphatic rings. The van der Waals surface area contributed by atoms with E-state index in [2.05, 4.69) is 39.8 Å². The van der Waals surface area contributed by atoms with Gasteiger partial charge in [-0.15, -0.1) is 0 Å². The Hall–Kier alpha value is -1.39. The fraction of sp³-hybridized carbons (Fsp3) is 0.588. The number of carbonyl (C=O) groups excluding carboxylic acids is 1. The lowest BCUT2D eigenvalue weighted by atomic mass is 10.1. The molecule has 4 heteroatoms. The van der Waals surface area contributed by atoms with Gasteiger partial charge in [0.1, 0.15) is 0 Å². The molecule has 0 aliphatic carbocycles. The lowest BCUT2D eigenvalue weighted by Crippen LogP contribution is -2.37. The van der Waals surface area contributed by atoms with E-state index >= 15 is 0 Å². The molecule has 2 rings (SSSR count). The summed E-state index contributed by atoms with van der Waals surface area (Å²) in [5.41, 5.74) is 1.33. The third-order valence-corrected chi connectivity index (χ3v) is 4.04. The van der Waals surface area contributed by atoms with E-state index < -0.39 is 0 Å². The van der Waals surface area contributed by atoms with Gasteiger partial charge >= 0.3 is 0 Å². The van der Waals surface area contributed by atoms with Gasteiger partial charge < -0.3 is 10.6 Å². The van der Waals surface area contributed by atoms with Gasteiger partial charge in [-0.3, -0.25) is 9.69 Å². The average Bonchev–Trinajstić information content (AvgIpc) is 2.92. The molecule has 4 nitrogen and oxygen atoms in total. The standard InChI is InChI=1S/C17H27N3O/c1-18-12-16-9-11-20(13-16)14-17(21)19-10-5-8-15-6-3-2-4-7-15/h2-4,6-7,16,18H,5,8-14H2,1H3,(H,19,21). The SMILES string of the molecule is CNCC1CCN(CC(=O)NCCCc2ccccc2)C1. The molecule has 21 heavy (non-hydrogen) atoms. The fourth-order valence-electron chi connectivity index (χ4n) is 2.94. The number of rotatable bonds is 8. The van der Waals surface area contributed by atoms with Crippen LogP contribution in [0.2, 0.25) is 0 Å². The maximum absolute atomic E-state index is 11.9. The van der Waals surface area contributed by atoms with Crippen molar-refractivity contribution in [2.24, 2.45) is 5.92 Å². The Morgan fingerprint density at radius 2 is 2.14 bits per heavy atom.